The molecular formula is C30H34N2O4. The first-order valence-electron chi connectivity index (χ1n) is 12.5. The van der Waals surface area contributed by atoms with Crippen LogP contribution in [0.2, 0.25) is 0 Å². The predicted octanol–water partition coefficient (Wildman–Crippen LogP) is 5.68. The van der Waals surface area contributed by atoms with Gasteiger partial charge in [-0.05, 0) is 72.9 Å². The van der Waals surface area contributed by atoms with Crippen molar-refractivity contribution in [2.24, 2.45) is 0 Å². The van der Waals surface area contributed by atoms with Gasteiger partial charge < -0.3 is 19.7 Å². The van der Waals surface area contributed by atoms with Crippen LogP contribution in [0, 0.1) is 6.92 Å². The average Bonchev–Trinajstić information content (AvgIpc) is 2.91. The summed E-state index contributed by atoms with van der Waals surface area (Å²) in [5.74, 6) is 1.26. The van der Waals surface area contributed by atoms with Crippen LogP contribution in [0.1, 0.15) is 55.0 Å². The van der Waals surface area contributed by atoms with E-state index in [1.54, 1.807) is 31.4 Å². The van der Waals surface area contributed by atoms with Gasteiger partial charge in [-0.3, -0.25) is 9.59 Å². The molecule has 0 bridgehead atoms. The molecule has 3 aromatic carbocycles. The summed E-state index contributed by atoms with van der Waals surface area (Å²) in [7, 11) is 1.61. The molecule has 2 amide bonds. The molecule has 0 aliphatic carbocycles. The maximum atomic E-state index is 13.0. The van der Waals surface area contributed by atoms with Crippen molar-refractivity contribution in [3.05, 3.63) is 89.0 Å². The van der Waals surface area contributed by atoms with E-state index in [-0.39, 0.29) is 17.9 Å². The quantitative estimate of drug-likeness (QED) is 0.445. The van der Waals surface area contributed by atoms with Gasteiger partial charge in [-0.15, -0.1) is 0 Å². The molecule has 0 radical (unpaired) electrons. The van der Waals surface area contributed by atoms with E-state index < -0.39 is 6.10 Å². The van der Waals surface area contributed by atoms with E-state index in [4.69, 9.17) is 9.47 Å². The minimum Gasteiger partial charge on any atom is -0.497 e. The summed E-state index contributed by atoms with van der Waals surface area (Å²) >= 11 is 0. The highest BCUT2D eigenvalue weighted by atomic mass is 16.5. The molecule has 6 heteroatoms. The summed E-state index contributed by atoms with van der Waals surface area (Å²) in [4.78, 5) is 27.8. The Morgan fingerprint density at radius 1 is 1.00 bits per heavy atom. The van der Waals surface area contributed by atoms with Crippen LogP contribution >= 0.6 is 0 Å². The number of hydrogen-bond acceptors (Lipinski definition) is 4. The topological polar surface area (TPSA) is 67.9 Å². The molecule has 0 fully saturated rings. The molecule has 1 heterocycles. The molecule has 0 saturated carbocycles. The Balaban J connectivity index is 1.59. The lowest BCUT2D eigenvalue weighted by atomic mass is 9.87. The first kappa shape index (κ1) is 25.3. The highest BCUT2D eigenvalue weighted by Crippen LogP contribution is 2.38. The number of carbonyl (C=O) groups excluding carboxylic acids is 2. The second-order valence-electron chi connectivity index (χ2n) is 9.10. The largest absolute Gasteiger partial charge is 0.497 e. The molecule has 0 spiro atoms. The lowest BCUT2D eigenvalue weighted by molar-refractivity contribution is -0.133. The van der Waals surface area contributed by atoms with Gasteiger partial charge in [0, 0.05) is 18.7 Å². The number of carbonyl (C=O) groups is 2. The Kier molecular flexibility index (Phi) is 7.93. The van der Waals surface area contributed by atoms with Crippen LogP contribution in [0.3, 0.4) is 0 Å². The van der Waals surface area contributed by atoms with Crippen LogP contribution in [0.15, 0.2) is 66.7 Å². The lowest BCUT2D eigenvalue weighted by Gasteiger charge is -2.38. The van der Waals surface area contributed by atoms with Crippen LogP contribution in [0.25, 0.3) is 0 Å². The van der Waals surface area contributed by atoms with E-state index >= 15 is 0 Å². The Labute approximate surface area is 213 Å². The lowest BCUT2D eigenvalue weighted by Crippen LogP contribution is -2.40. The summed E-state index contributed by atoms with van der Waals surface area (Å²) in [6.07, 6.45) is 1.11. The smallest absolute Gasteiger partial charge is 0.265 e. The van der Waals surface area contributed by atoms with Gasteiger partial charge in [-0.1, -0.05) is 49.7 Å². The molecular weight excluding hydrogens is 452 g/mol. The summed E-state index contributed by atoms with van der Waals surface area (Å²) in [5, 5.41) is 2.92. The van der Waals surface area contributed by atoms with Crippen LogP contribution < -0.4 is 14.8 Å². The van der Waals surface area contributed by atoms with E-state index in [1.165, 1.54) is 11.1 Å². The Morgan fingerprint density at radius 2 is 1.69 bits per heavy atom. The highest BCUT2D eigenvalue weighted by Gasteiger charge is 2.32. The molecule has 6 nitrogen and oxygen atoms in total. The number of nitrogens with one attached hydrogen (secondary N) is 1. The highest BCUT2D eigenvalue weighted by molar-refractivity contribution is 5.94. The Bertz CT molecular complexity index is 1200. The SMILES string of the molecule is CCC(=O)N1CCc2ccc(OC(CC)C(=O)Nc3ccc(OC)cc3)cc2C1c1ccc(C)cc1. The molecule has 1 aliphatic heterocycles. The summed E-state index contributed by atoms with van der Waals surface area (Å²) in [6.45, 7) is 6.56. The summed E-state index contributed by atoms with van der Waals surface area (Å²) in [5.41, 5.74) is 5.18. The molecule has 2 unspecified atom stereocenters. The Morgan fingerprint density at radius 3 is 2.33 bits per heavy atom. The molecule has 1 N–H and O–H groups in total. The van der Waals surface area contributed by atoms with Gasteiger partial charge in [-0.2, -0.15) is 0 Å². The average molecular weight is 487 g/mol. The molecule has 188 valence electrons. The van der Waals surface area contributed by atoms with Crippen LogP contribution in [-0.2, 0) is 16.0 Å². The van der Waals surface area contributed by atoms with E-state index in [1.807, 2.05) is 30.9 Å². The van der Waals surface area contributed by atoms with Crippen molar-refractivity contribution in [1.29, 1.82) is 0 Å². The third-order valence-electron chi connectivity index (χ3n) is 6.66. The zero-order chi connectivity index (χ0) is 25.7. The maximum absolute atomic E-state index is 13.0. The van der Waals surface area contributed by atoms with Crippen LogP contribution in [0.5, 0.6) is 11.5 Å². The minimum atomic E-state index is -0.653. The van der Waals surface area contributed by atoms with Crippen molar-refractivity contribution < 1.29 is 19.1 Å². The van der Waals surface area contributed by atoms with E-state index in [2.05, 4.69) is 42.6 Å². The molecule has 2 atom stereocenters. The fourth-order valence-electron chi connectivity index (χ4n) is 4.63. The summed E-state index contributed by atoms with van der Waals surface area (Å²) in [6, 6.07) is 21.3. The zero-order valence-corrected chi connectivity index (χ0v) is 21.4. The van der Waals surface area contributed by atoms with Gasteiger partial charge in [0.15, 0.2) is 6.10 Å². The second kappa shape index (κ2) is 11.3. The first-order chi connectivity index (χ1) is 17.4. The minimum absolute atomic E-state index is 0.128. The number of benzene rings is 3. The predicted molar refractivity (Wildman–Crippen MR) is 142 cm³/mol. The fraction of sp³-hybridized carbons (Fsp3) is 0.333. The fourth-order valence-corrected chi connectivity index (χ4v) is 4.63. The van der Waals surface area contributed by atoms with Gasteiger partial charge in [-0.25, -0.2) is 0 Å². The summed E-state index contributed by atoms with van der Waals surface area (Å²) < 4.78 is 11.4. The first-order valence-corrected chi connectivity index (χ1v) is 12.5. The molecule has 1 aliphatic rings. The molecule has 0 saturated heterocycles. The van der Waals surface area contributed by atoms with Crippen molar-refractivity contribution in [3.8, 4) is 11.5 Å². The normalized spacial score (nSPS) is 15.6. The standard InChI is InChI=1S/C30H34N2O4/c1-5-27(30(34)31-23-12-15-24(35-4)16-13-23)36-25-14-11-21-17-18-32(28(33)6-2)29(26(21)19-25)22-9-7-20(3)8-10-22/h7-16,19,27,29H,5-6,17-18H2,1-4H3,(H,31,34). The van der Waals surface area contributed by atoms with Crippen LogP contribution in [0.4, 0.5) is 5.69 Å². The molecule has 4 rings (SSSR count). The van der Waals surface area contributed by atoms with Gasteiger partial charge in [0.05, 0.1) is 13.2 Å². The number of methoxy groups -OCH3 is 1. The number of amides is 2. The third kappa shape index (κ3) is 5.54. The zero-order valence-electron chi connectivity index (χ0n) is 21.4. The van der Waals surface area contributed by atoms with Crippen molar-refractivity contribution in [3.63, 3.8) is 0 Å². The van der Waals surface area contributed by atoms with Crippen molar-refractivity contribution in [2.75, 3.05) is 19.0 Å². The van der Waals surface area contributed by atoms with Crippen LogP contribution in [-0.4, -0.2) is 36.5 Å². The van der Waals surface area contributed by atoms with Gasteiger partial charge in [0.25, 0.3) is 5.91 Å². The van der Waals surface area contributed by atoms with Crippen molar-refractivity contribution in [2.45, 2.75) is 52.2 Å². The Hall–Kier alpha value is -3.80. The third-order valence-corrected chi connectivity index (χ3v) is 6.66. The number of rotatable bonds is 8. The maximum Gasteiger partial charge on any atom is 0.265 e. The molecule has 3 aromatic rings. The molecule has 36 heavy (non-hydrogen) atoms. The van der Waals surface area contributed by atoms with E-state index in [9.17, 15) is 9.59 Å². The van der Waals surface area contributed by atoms with E-state index in [0.29, 0.717) is 30.8 Å². The van der Waals surface area contributed by atoms with E-state index in [0.717, 1.165) is 23.3 Å². The number of nitrogens with zero attached hydrogens (tertiary/aromatic N) is 1. The second-order valence-corrected chi connectivity index (χ2v) is 9.10. The van der Waals surface area contributed by atoms with Crippen molar-refractivity contribution >= 4 is 17.5 Å². The van der Waals surface area contributed by atoms with Gasteiger partial charge in [0.2, 0.25) is 5.91 Å². The number of hydrogen-bond donors (Lipinski definition) is 1. The van der Waals surface area contributed by atoms with Gasteiger partial charge >= 0.3 is 0 Å². The monoisotopic (exact) mass is 486 g/mol. The van der Waals surface area contributed by atoms with Gasteiger partial charge in [0.1, 0.15) is 11.5 Å². The number of fused-ring (bicyclic) bond motifs is 1. The molecule has 0 aromatic heterocycles. The number of aryl methyl sites for hydroxylation is 1. The number of anilines is 1. The van der Waals surface area contributed by atoms with Crippen molar-refractivity contribution in [1.82, 2.24) is 4.90 Å². The number of ether oxygens (including phenoxy) is 2.